The molecule has 88 valence electrons. The molecule has 0 amide bonds. The maximum Gasteiger partial charge on any atom is 0.203 e. The van der Waals surface area contributed by atoms with E-state index in [0.29, 0.717) is 6.04 Å². The van der Waals surface area contributed by atoms with Crippen LogP contribution in [0.15, 0.2) is 6.20 Å². The molecule has 2 atom stereocenters. The van der Waals surface area contributed by atoms with Gasteiger partial charge in [0, 0.05) is 30.9 Å². The standard InChI is InChI=1S/C12H20N4/c1-2-9-7-13-12(15-9)16-6-5-10-3-4-11(8-16)14-10/h7,10-11,14H,2-6,8H2,1H3,(H,13,15). The van der Waals surface area contributed by atoms with Gasteiger partial charge in [0.1, 0.15) is 0 Å². The number of hydrogen-bond acceptors (Lipinski definition) is 3. The molecule has 16 heavy (non-hydrogen) atoms. The van der Waals surface area contributed by atoms with Gasteiger partial charge >= 0.3 is 0 Å². The van der Waals surface area contributed by atoms with Gasteiger partial charge in [-0.1, -0.05) is 6.92 Å². The first-order chi connectivity index (χ1) is 7.85. The van der Waals surface area contributed by atoms with Gasteiger partial charge in [-0.2, -0.15) is 0 Å². The summed E-state index contributed by atoms with van der Waals surface area (Å²) in [4.78, 5) is 10.3. The Labute approximate surface area is 96.4 Å². The number of nitrogens with one attached hydrogen (secondary N) is 2. The summed E-state index contributed by atoms with van der Waals surface area (Å²) < 4.78 is 0. The van der Waals surface area contributed by atoms with Crippen LogP contribution in [0.3, 0.4) is 0 Å². The minimum atomic E-state index is 0.669. The van der Waals surface area contributed by atoms with Gasteiger partial charge in [-0.05, 0) is 25.7 Å². The van der Waals surface area contributed by atoms with Gasteiger partial charge in [-0.25, -0.2) is 4.98 Å². The highest BCUT2D eigenvalue weighted by atomic mass is 15.3. The highest BCUT2D eigenvalue weighted by Gasteiger charge is 2.29. The van der Waals surface area contributed by atoms with Gasteiger partial charge in [-0.15, -0.1) is 0 Å². The van der Waals surface area contributed by atoms with Gasteiger partial charge < -0.3 is 15.2 Å². The maximum absolute atomic E-state index is 4.48. The Kier molecular flexibility index (Phi) is 2.59. The Hall–Kier alpha value is -1.03. The van der Waals surface area contributed by atoms with Crippen molar-refractivity contribution in [1.82, 2.24) is 15.3 Å². The third-order valence-corrected chi connectivity index (χ3v) is 3.82. The van der Waals surface area contributed by atoms with E-state index in [1.807, 2.05) is 6.20 Å². The molecule has 1 aromatic rings. The molecule has 0 spiro atoms. The van der Waals surface area contributed by atoms with Crippen molar-refractivity contribution in [2.45, 2.75) is 44.7 Å². The zero-order valence-corrected chi connectivity index (χ0v) is 9.87. The number of imidazole rings is 1. The van der Waals surface area contributed by atoms with E-state index in [-0.39, 0.29) is 0 Å². The molecule has 2 N–H and O–H groups in total. The van der Waals surface area contributed by atoms with Gasteiger partial charge in [0.2, 0.25) is 5.95 Å². The van der Waals surface area contributed by atoms with Gasteiger partial charge in [0.05, 0.1) is 6.20 Å². The average Bonchev–Trinajstić information content (AvgIpc) is 2.85. The zero-order chi connectivity index (χ0) is 11.0. The topological polar surface area (TPSA) is 44.0 Å². The quantitative estimate of drug-likeness (QED) is 0.789. The molecule has 2 aliphatic rings. The van der Waals surface area contributed by atoms with Crippen LogP contribution in [0.25, 0.3) is 0 Å². The van der Waals surface area contributed by atoms with E-state index in [1.54, 1.807) is 0 Å². The fourth-order valence-electron chi connectivity index (χ4n) is 2.82. The highest BCUT2D eigenvalue weighted by molar-refractivity contribution is 5.32. The molecule has 3 heterocycles. The van der Waals surface area contributed by atoms with Crippen molar-refractivity contribution in [2.24, 2.45) is 0 Å². The maximum atomic E-state index is 4.48. The molecule has 4 nitrogen and oxygen atoms in total. The number of aromatic nitrogens is 2. The first-order valence-electron chi connectivity index (χ1n) is 6.40. The molecular weight excluding hydrogens is 200 g/mol. The molecule has 2 fully saturated rings. The number of aromatic amines is 1. The summed E-state index contributed by atoms with van der Waals surface area (Å²) in [5.74, 6) is 1.06. The number of aryl methyl sites for hydroxylation is 1. The third-order valence-electron chi connectivity index (χ3n) is 3.82. The first-order valence-corrected chi connectivity index (χ1v) is 6.40. The number of nitrogens with zero attached hydrogens (tertiary/aromatic N) is 2. The Morgan fingerprint density at radius 1 is 1.38 bits per heavy atom. The largest absolute Gasteiger partial charge is 0.341 e. The van der Waals surface area contributed by atoms with Crippen molar-refractivity contribution in [3.63, 3.8) is 0 Å². The van der Waals surface area contributed by atoms with Crippen molar-refractivity contribution in [3.8, 4) is 0 Å². The summed E-state index contributed by atoms with van der Waals surface area (Å²) in [6, 6.07) is 1.42. The van der Waals surface area contributed by atoms with Crippen LogP contribution in [0.4, 0.5) is 5.95 Å². The van der Waals surface area contributed by atoms with E-state index in [1.165, 1.54) is 25.0 Å². The smallest absolute Gasteiger partial charge is 0.203 e. The molecule has 0 saturated carbocycles. The van der Waals surface area contributed by atoms with E-state index in [9.17, 15) is 0 Å². The summed E-state index contributed by atoms with van der Waals surface area (Å²) in [5.41, 5.74) is 1.23. The van der Waals surface area contributed by atoms with Crippen molar-refractivity contribution < 1.29 is 0 Å². The Bertz CT molecular complexity index is 360. The van der Waals surface area contributed by atoms with E-state index in [2.05, 4.69) is 27.1 Å². The van der Waals surface area contributed by atoms with Gasteiger partial charge in [0.25, 0.3) is 0 Å². The molecule has 2 aliphatic heterocycles. The van der Waals surface area contributed by atoms with Crippen molar-refractivity contribution in [2.75, 3.05) is 18.0 Å². The van der Waals surface area contributed by atoms with Gasteiger partial charge in [0.15, 0.2) is 0 Å². The number of anilines is 1. The molecule has 0 aromatic carbocycles. The minimum Gasteiger partial charge on any atom is -0.341 e. The molecule has 4 heteroatoms. The minimum absolute atomic E-state index is 0.669. The average molecular weight is 220 g/mol. The van der Waals surface area contributed by atoms with E-state index in [0.717, 1.165) is 31.5 Å². The Morgan fingerprint density at radius 2 is 2.25 bits per heavy atom. The molecule has 2 bridgehead atoms. The second-order valence-corrected chi connectivity index (χ2v) is 4.96. The third kappa shape index (κ3) is 1.82. The number of hydrogen-bond donors (Lipinski definition) is 2. The Balaban J connectivity index is 1.74. The number of H-pyrrole nitrogens is 1. The lowest BCUT2D eigenvalue weighted by atomic mass is 10.1. The van der Waals surface area contributed by atoms with Crippen LogP contribution in [0.1, 0.15) is 31.9 Å². The lowest BCUT2D eigenvalue weighted by Crippen LogP contribution is -2.35. The molecule has 0 radical (unpaired) electrons. The summed E-state index contributed by atoms with van der Waals surface area (Å²) in [5, 5.41) is 3.69. The summed E-state index contributed by atoms with van der Waals surface area (Å²) >= 11 is 0. The first kappa shape index (κ1) is 10.1. The van der Waals surface area contributed by atoms with Crippen LogP contribution in [0.2, 0.25) is 0 Å². The molecule has 3 rings (SSSR count). The second kappa shape index (κ2) is 4.09. The van der Waals surface area contributed by atoms with Gasteiger partial charge in [-0.3, -0.25) is 0 Å². The zero-order valence-electron chi connectivity index (χ0n) is 9.87. The molecule has 2 saturated heterocycles. The SMILES string of the molecule is CCc1cnc(N2CCC3CCC(C2)N3)[nH]1. The monoisotopic (exact) mass is 220 g/mol. The highest BCUT2D eigenvalue weighted by Crippen LogP contribution is 2.22. The van der Waals surface area contributed by atoms with Crippen LogP contribution in [0.5, 0.6) is 0 Å². The van der Waals surface area contributed by atoms with Crippen molar-refractivity contribution in [1.29, 1.82) is 0 Å². The molecule has 1 aromatic heterocycles. The molecular formula is C12H20N4. The second-order valence-electron chi connectivity index (χ2n) is 4.96. The van der Waals surface area contributed by atoms with Crippen LogP contribution in [-0.4, -0.2) is 35.1 Å². The van der Waals surface area contributed by atoms with Crippen molar-refractivity contribution >= 4 is 5.95 Å². The van der Waals surface area contributed by atoms with Crippen LogP contribution < -0.4 is 10.2 Å². The summed E-state index contributed by atoms with van der Waals surface area (Å²) in [6.07, 6.45) is 6.93. The normalized spacial score (nSPS) is 29.4. The van der Waals surface area contributed by atoms with Crippen LogP contribution in [0, 0.1) is 0 Å². The predicted molar refractivity (Wildman–Crippen MR) is 64.7 cm³/mol. The Morgan fingerprint density at radius 3 is 3.06 bits per heavy atom. The van der Waals surface area contributed by atoms with E-state index >= 15 is 0 Å². The van der Waals surface area contributed by atoms with E-state index < -0.39 is 0 Å². The fraction of sp³-hybridized carbons (Fsp3) is 0.750. The lowest BCUT2D eigenvalue weighted by molar-refractivity contribution is 0.563. The number of rotatable bonds is 2. The van der Waals surface area contributed by atoms with E-state index in [4.69, 9.17) is 0 Å². The lowest BCUT2D eigenvalue weighted by Gasteiger charge is -2.23. The van der Waals surface area contributed by atoms with Crippen LogP contribution in [-0.2, 0) is 6.42 Å². The summed E-state index contributed by atoms with van der Waals surface area (Å²) in [6.45, 7) is 4.39. The molecule has 2 unspecified atom stereocenters. The number of fused-ring (bicyclic) bond motifs is 2. The fourth-order valence-corrected chi connectivity index (χ4v) is 2.82. The predicted octanol–water partition coefficient (Wildman–Crippen LogP) is 1.30. The molecule has 0 aliphatic carbocycles. The summed E-state index contributed by atoms with van der Waals surface area (Å²) in [7, 11) is 0. The van der Waals surface area contributed by atoms with Crippen LogP contribution >= 0.6 is 0 Å². The van der Waals surface area contributed by atoms with Crippen molar-refractivity contribution in [3.05, 3.63) is 11.9 Å².